The fraction of sp³-hybridized carbons (Fsp3) is 0.684. The van der Waals surface area contributed by atoms with Crippen LogP contribution in [0, 0.1) is 26.7 Å². The lowest BCUT2D eigenvalue weighted by atomic mass is 9.86. The van der Waals surface area contributed by atoms with Gasteiger partial charge in [0.25, 0.3) is 11.5 Å². The summed E-state index contributed by atoms with van der Waals surface area (Å²) in [6.45, 7) is 18.8. The van der Waals surface area contributed by atoms with E-state index in [4.69, 9.17) is 4.74 Å². The zero-order valence-corrected chi connectivity index (χ0v) is 30.0. The van der Waals surface area contributed by atoms with Gasteiger partial charge in [-0.2, -0.15) is 0 Å². The summed E-state index contributed by atoms with van der Waals surface area (Å²) in [5.74, 6) is 0.872. The second kappa shape index (κ2) is 16.9. The minimum atomic E-state index is -0.134. The van der Waals surface area contributed by atoms with Crippen LogP contribution in [0.3, 0.4) is 0 Å². The third kappa shape index (κ3) is 9.23. The number of morpholine rings is 1. The van der Waals surface area contributed by atoms with Crippen LogP contribution in [-0.4, -0.2) is 86.3 Å². The first kappa shape index (κ1) is 36.2. The SMILES string of the molecule is CCC(CCC(C)c1cc(C(=O)NCc2c(C)cc(C)[nH]c2=O)c(C)c(N(CC)[C@H]2CC[C@H](N(C)C)CC2)c1)CN1CCOCC1. The topological polar surface area (TPSA) is 80.9 Å². The Labute approximate surface area is 278 Å². The van der Waals surface area contributed by atoms with Crippen molar-refractivity contribution >= 4 is 11.6 Å². The van der Waals surface area contributed by atoms with Crippen LogP contribution in [-0.2, 0) is 11.3 Å². The number of nitrogens with one attached hydrogen (secondary N) is 2. The number of nitrogens with zero attached hydrogens (tertiary/aromatic N) is 3. The zero-order chi connectivity index (χ0) is 33.4. The maximum Gasteiger partial charge on any atom is 0.253 e. The van der Waals surface area contributed by atoms with E-state index in [0.29, 0.717) is 29.5 Å². The Morgan fingerprint density at radius 3 is 2.30 bits per heavy atom. The molecule has 2 aliphatic rings. The van der Waals surface area contributed by atoms with Crippen LogP contribution >= 0.6 is 0 Å². The summed E-state index contributed by atoms with van der Waals surface area (Å²) in [4.78, 5) is 37.0. The maximum atomic E-state index is 13.9. The van der Waals surface area contributed by atoms with Crippen LogP contribution in [0.4, 0.5) is 5.69 Å². The molecule has 46 heavy (non-hydrogen) atoms. The molecule has 2 heterocycles. The van der Waals surface area contributed by atoms with Gasteiger partial charge < -0.3 is 24.8 Å². The summed E-state index contributed by atoms with van der Waals surface area (Å²) in [7, 11) is 4.39. The van der Waals surface area contributed by atoms with Crippen LogP contribution in [0.15, 0.2) is 23.0 Å². The molecule has 1 saturated heterocycles. The molecule has 1 saturated carbocycles. The third-order valence-electron chi connectivity index (χ3n) is 10.8. The number of anilines is 1. The Morgan fingerprint density at radius 1 is 1.02 bits per heavy atom. The van der Waals surface area contributed by atoms with Crippen LogP contribution < -0.4 is 15.8 Å². The summed E-state index contributed by atoms with van der Waals surface area (Å²) in [5.41, 5.74) is 6.38. The molecule has 0 bridgehead atoms. The van der Waals surface area contributed by atoms with Gasteiger partial charge in [0.2, 0.25) is 0 Å². The van der Waals surface area contributed by atoms with Crippen molar-refractivity contribution in [2.24, 2.45) is 5.92 Å². The average molecular weight is 636 g/mol. The molecule has 256 valence electrons. The van der Waals surface area contributed by atoms with E-state index in [1.54, 1.807) is 0 Å². The molecule has 2 N–H and O–H groups in total. The van der Waals surface area contributed by atoms with Gasteiger partial charge in [-0.15, -0.1) is 0 Å². The summed E-state index contributed by atoms with van der Waals surface area (Å²) in [6, 6.07) is 7.58. The van der Waals surface area contributed by atoms with Crippen molar-refractivity contribution in [3.05, 3.63) is 62.1 Å². The number of benzene rings is 1. The summed E-state index contributed by atoms with van der Waals surface area (Å²) < 4.78 is 5.57. The van der Waals surface area contributed by atoms with Crippen molar-refractivity contribution in [1.29, 1.82) is 0 Å². The monoisotopic (exact) mass is 635 g/mol. The van der Waals surface area contributed by atoms with Gasteiger partial charge in [-0.05, 0) is 127 Å². The number of hydrogen-bond donors (Lipinski definition) is 2. The average Bonchev–Trinajstić information content (AvgIpc) is 3.04. The molecule has 2 unspecified atom stereocenters. The highest BCUT2D eigenvalue weighted by Crippen LogP contribution is 2.36. The van der Waals surface area contributed by atoms with Crippen LogP contribution in [0.1, 0.15) is 110 Å². The number of aryl methyl sites for hydroxylation is 2. The molecule has 0 spiro atoms. The van der Waals surface area contributed by atoms with E-state index < -0.39 is 0 Å². The zero-order valence-electron chi connectivity index (χ0n) is 30.0. The van der Waals surface area contributed by atoms with E-state index in [9.17, 15) is 9.59 Å². The Morgan fingerprint density at radius 2 is 1.70 bits per heavy atom. The second-order valence-corrected chi connectivity index (χ2v) is 14.2. The van der Waals surface area contributed by atoms with Gasteiger partial charge in [0.1, 0.15) is 0 Å². The van der Waals surface area contributed by atoms with E-state index in [-0.39, 0.29) is 18.0 Å². The number of amides is 1. The molecule has 1 aliphatic heterocycles. The van der Waals surface area contributed by atoms with Crippen LogP contribution in [0.5, 0.6) is 0 Å². The summed E-state index contributed by atoms with van der Waals surface area (Å²) in [6.07, 6.45) is 8.14. The van der Waals surface area contributed by atoms with E-state index >= 15 is 0 Å². The Hall–Kier alpha value is -2.68. The summed E-state index contributed by atoms with van der Waals surface area (Å²) >= 11 is 0. The minimum Gasteiger partial charge on any atom is -0.379 e. The standard InChI is InChI=1S/C38H61N5O3/c1-9-30(25-42-17-19-46-20-18-42)12-11-26(3)31-22-34(37(44)39-24-35-27(4)21-28(5)40-38(35)45)29(6)36(23-31)43(10-2)33-15-13-32(14-16-33)41(7)8/h21-23,26,30,32-33H,9-20,24-25H2,1-8H3,(H,39,44)(H,40,45)/t26?,30?,32-,33-. The van der Waals surface area contributed by atoms with Gasteiger partial charge in [0, 0.05) is 67.3 Å². The summed E-state index contributed by atoms with van der Waals surface area (Å²) in [5, 5.41) is 3.11. The van der Waals surface area contributed by atoms with Crippen molar-refractivity contribution in [2.75, 3.05) is 58.4 Å². The predicted molar refractivity (Wildman–Crippen MR) is 190 cm³/mol. The number of pyridine rings is 1. The lowest BCUT2D eigenvalue weighted by Gasteiger charge is -2.40. The number of carbonyl (C=O) groups is 1. The first-order valence-electron chi connectivity index (χ1n) is 17.9. The number of rotatable bonds is 14. The number of carbonyl (C=O) groups excluding carboxylic acids is 1. The number of aromatic nitrogens is 1. The van der Waals surface area contributed by atoms with Gasteiger partial charge in [-0.1, -0.05) is 20.3 Å². The van der Waals surface area contributed by atoms with E-state index in [0.717, 1.165) is 81.0 Å². The molecule has 8 nitrogen and oxygen atoms in total. The van der Waals surface area contributed by atoms with Gasteiger partial charge >= 0.3 is 0 Å². The van der Waals surface area contributed by atoms with Gasteiger partial charge in [0.15, 0.2) is 0 Å². The number of hydrogen-bond acceptors (Lipinski definition) is 6. The number of ether oxygens (including phenoxy) is 1. The molecule has 1 aromatic heterocycles. The second-order valence-electron chi connectivity index (χ2n) is 14.2. The molecular weight excluding hydrogens is 574 g/mol. The lowest BCUT2D eigenvalue weighted by molar-refractivity contribution is 0.0295. The molecule has 0 radical (unpaired) electrons. The van der Waals surface area contributed by atoms with Crippen molar-refractivity contribution in [3.8, 4) is 0 Å². The fourth-order valence-electron chi connectivity index (χ4n) is 7.64. The van der Waals surface area contributed by atoms with E-state index in [1.807, 2.05) is 19.9 Å². The van der Waals surface area contributed by atoms with E-state index in [1.165, 1.54) is 36.9 Å². The first-order valence-corrected chi connectivity index (χ1v) is 17.9. The number of H-pyrrole nitrogens is 1. The maximum absolute atomic E-state index is 13.9. The smallest absolute Gasteiger partial charge is 0.253 e. The molecule has 4 rings (SSSR count). The minimum absolute atomic E-state index is 0.113. The van der Waals surface area contributed by atoms with Crippen LogP contribution in [0.2, 0.25) is 0 Å². The Bertz CT molecular complexity index is 1340. The normalized spacial score (nSPS) is 20.5. The number of aromatic amines is 1. The van der Waals surface area contributed by atoms with Crippen LogP contribution in [0.25, 0.3) is 0 Å². The molecule has 2 fully saturated rings. The molecule has 2 atom stereocenters. The molecule has 1 aliphatic carbocycles. The Balaban J connectivity index is 1.59. The quantitative estimate of drug-likeness (QED) is 0.259. The molecule has 1 amide bonds. The van der Waals surface area contributed by atoms with Crippen molar-refractivity contribution < 1.29 is 9.53 Å². The van der Waals surface area contributed by atoms with Crippen molar-refractivity contribution in [3.63, 3.8) is 0 Å². The highest BCUT2D eigenvalue weighted by molar-refractivity contribution is 5.97. The van der Waals surface area contributed by atoms with Gasteiger partial charge in [-0.3, -0.25) is 14.5 Å². The first-order chi connectivity index (χ1) is 22.0. The van der Waals surface area contributed by atoms with E-state index in [2.05, 4.69) is 78.9 Å². The lowest BCUT2D eigenvalue weighted by Crippen LogP contribution is -2.42. The van der Waals surface area contributed by atoms with Crippen molar-refractivity contribution in [1.82, 2.24) is 20.1 Å². The largest absolute Gasteiger partial charge is 0.379 e. The van der Waals surface area contributed by atoms with Crippen molar-refractivity contribution in [2.45, 2.75) is 111 Å². The molecule has 2 aromatic rings. The molecule has 1 aromatic carbocycles. The highest BCUT2D eigenvalue weighted by Gasteiger charge is 2.29. The predicted octanol–water partition coefficient (Wildman–Crippen LogP) is 6.17. The third-order valence-corrected chi connectivity index (χ3v) is 10.8. The Kier molecular flexibility index (Phi) is 13.3. The highest BCUT2D eigenvalue weighted by atomic mass is 16.5. The molecule has 8 heteroatoms. The van der Waals surface area contributed by atoms with Gasteiger partial charge in [0.05, 0.1) is 13.2 Å². The fourth-order valence-corrected chi connectivity index (χ4v) is 7.64. The van der Waals surface area contributed by atoms with Gasteiger partial charge in [-0.25, -0.2) is 0 Å². The molecular formula is C38H61N5O3.